The number of nitro benzene ring substituents is 1. The first-order valence-corrected chi connectivity index (χ1v) is 9.27. The van der Waals surface area contributed by atoms with Gasteiger partial charge in [-0.2, -0.15) is 5.01 Å². The molecule has 9 heteroatoms. The largest absolute Gasteiger partial charge is 0.378 e. The molecule has 2 aliphatic rings. The lowest BCUT2D eigenvalue weighted by Crippen LogP contribution is -2.41. The van der Waals surface area contributed by atoms with Crippen LogP contribution in [-0.4, -0.2) is 47.9 Å². The third-order valence-electron chi connectivity index (χ3n) is 4.30. The number of carbonyl (C=O) groups is 1. The van der Waals surface area contributed by atoms with Crippen molar-refractivity contribution >= 4 is 40.5 Å². The molecule has 1 aromatic heterocycles. The van der Waals surface area contributed by atoms with Crippen molar-refractivity contribution in [1.82, 2.24) is 4.90 Å². The Labute approximate surface area is 159 Å². The van der Waals surface area contributed by atoms with Crippen molar-refractivity contribution < 1.29 is 14.5 Å². The standard InChI is InChI=1S/C18H16N4O4S/c23-18-16(12-15-2-1-11-27-15)17(20-7-9-26-10-8-20)19-21(18)13-3-5-14(6-4-13)22(24)25/h1-6,11-12H,7-10H2. The molecule has 3 heterocycles. The van der Waals surface area contributed by atoms with Crippen molar-refractivity contribution in [2.45, 2.75) is 0 Å². The number of amidine groups is 1. The lowest BCUT2D eigenvalue weighted by atomic mass is 10.1. The van der Waals surface area contributed by atoms with Gasteiger partial charge in [0, 0.05) is 30.1 Å². The Morgan fingerprint density at radius 1 is 1.19 bits per heavy atom. The highest BCUT2D eigenvalue weighted by atomic mass is 32.1. The summed E-state index contributed by atoms with van der Waals surface area (Å²) in [5.74, 6) is 0.355. The quantitative estimate of drug-likeness (QED) is 0.461. The second-order valence-electron chi connectivity index (χ2n) is 5.99. The number of ether oxygens (including phenoxy) is 1. The predicted molar refractivity (Wildman–Crippen MR) is 103 cm³/mol. The summed E-state index contributed by atoms with van der Waals surface area (Å²) in [5.41, 5.74) is 0.973. The maximum Gasteiger partial charge on any atom is 0.282 e. The maximum atomic E-state index is 13.1. The lowest BCUT2D eigenvalue weighted by molar-refractivity contribution is -0.384. The number of morpholine rings is 1. The number of nitro groups is 1. The second kappa shape index (κ2) is 7.29. The van der Waals surface area contributed by atoms with Gasteiger partial charge in [-0.1, -0.05) is 6.07 Å². The number of benzene rings is 1. The summed E-state index contributed by atoms with van der Waals surface area (Å²) >= 11 is 1.54. The van der Waals surface area contributed by atoms with Gasteiger partial charge < -0.3 is 9.64 Å². The minimum atomic E-state index is -0.472. The highest BCUT2D eigenvalue weighted by molar-refractivity contribution is 7.10. The number of hydrazone groups is 1. The Bertz CT molecular complexity index is 915. The summed E-state index contributed by atoms with van der Waals surface area (Å²) in [6.45, 7) is 2.47. The molecular formula is C18H16N4O4S. The molecule has 1 aromatic carbocycles. The van der Waals surface area contributed by atoms with E-state index in [9.17, 15) is 14.9 Å². The van der Waals surface area contributed by atoms with Crippen molar-refractivity contribution in [2.24, 2.45) is 5.10 Å². The zero-order valence-corrected chi connectivity index (χ0v) is 15.1. The number of non-ortho nitro benzene ring substituents is 1. The van der Waals surface area contributed by atoms with Gasteiger partial charge in [0.25, 0.3) is 11.6 Å². The molecule has 2 aromatic rings. The van der Waals surface area contributed by atoms with Crippen LogP contribution in [0.25, 0.3) is 6.08 Å². The molecule has 0 bridgehead atoms. The van der Waals surface area contributed by atoms with Gasteiger partial charge in [0.05, 0.1) is 29.4 Å². The Morgan fingerprint density at radius 2 is 1.93 bits per heavy atom. The average molecular weight is 384 g/mol. The van der Waals surface area contributed by atoms with Gasteiger partial charge in [-0.15, -0.1) is 16.4 Å². The normalized spacial score (nSPS) is 18.9. The van der Waals surface area contributed by atoms with Crippen LogP contribution in [0, 0.1) is 10.1 Å². The van der Waals surface area contributed by atoms with Crippen molar-refractivity contribution in [1.29, 1.82) is 0 Å². The highest BCUT2D eigenvalue weighted by Gasteiger charge is 2.35. The summed E-state index contributed by atoms with van der Waals surface area (Å²) < 4.78 is 5.40. The molecule has 0 N–H and O–H groups in total. The zero-order valence-electron chi connectivity index (χ0n) is 14.3. The molecular weight excluding hydrogens is 368 g/mol. The fourth-order valence-corrected chi connectivity index (χ4v) is 3.60. The molecule has 138 valence electrons. The summed E-state index contributed by atoms with van der Waals surface area (Å²) in [5, 5.41) is 18.6. The minimum Gasteiger partial charge on any atom is -0.378 e. The second-order valence-corrected chi connectivity index (χ2v) is 6.97. The minimum absolute atomic E-state index is 0.0304. The molecule has 2 aliphatic heterocycles. The number of thiophene rings is 1. The van der Waals surface area contributed by atoms with Gasteiger partial charge in [0.1, 0.15) is 0 Å². The summed E-state index contributed by atoms with van der Waals surface area (Å²) in [6.07, 6.45) is 1.84. The maximum absolute atomic E-state index is 13.1. The van der Waals surface area contributed by atoms with E-state index in [4.69, 9.17) is 4.74 Å². The zero-order chi connectivity index (χ0) is 18.8. The Morgan fingerprint density at radius 3 is 2.56 bits per heavy atom. The third-order valence-corrected chi connectivity index (χ3v) is 5.12. The van der Waals surface area contributed by atoms with E-state index in [2.05, 4.69) is 5.10 Å². The van der Waals surface area contributed by atoms with Crippen molar-refractivity contribution in [3.05, 3.63) is 62.3 Å². The van der Waals surface area contributed by atoms with Crippen LogP contribution in [0.2, 0.25) is 0 Å². The molecule has 27 heavy (non-hydrogen) atoms. The van der Waals surface area contributed by atoms with E-state index in [0.717, 1.165) is 4.88 Å². The van der Waals surface area contributed by atoms with Crippen LogP contribution < -0.4 is 5.01 Å². The Balaban J connectivity index is 1.71. The molecule has 8 nitrogen and oxygen atoms in total. The van der Waals surface area contributed by atoms with E-state index >= 15 is 0 Å². The van der Waals surface area contributed by atoms with E-state index in [1.54, 1.807) is 11.3 Å². The monoisotopic (exact) mass is 384 g/mol. The Hall–Kier alpha value is -3.04. The van der Waals surface area contributed by atoms with E-state index < -0.39 is 4.92 Å². The van der Waals surface area contributed by atoms with E-state index in [1.165, 1.54) is 29.3 Å². The average Bonchev–Trinajstić information content (AvgIpc) is 3.32. The number of hydrogen-bond donors (Lipinski definition) is 0. The van der Waals surface area contributed by atoms with Gasteiger partial charge in [0.2, 0.25) is 0 Å². The molecule has 0 aliphatic carbocycles. The number of hydrogen-bond acceptors (Lipinski definition) is 7. The number of carbonyl (C=O) groups excluding carboxylic acids is 1. The van der Waals surface area contributed by atoms with Crippen LogP contribution in [0.3, 0.4) is 0 Å². The summed E-state index contributed by atoms with van der Waals surface area (Å²) in [7, 11) is 0. The predicted octanol–water partition coefficient (Wildman–Crippen LogP) is 2.73. The Kier molecular flexibility index (Phi) is 4.69. The molecule has 0 saturated carbocycles. The first-order chi connectivity index (χ1) is 13.1. The molecule has 0 spiro atoms. The van der Waals surface area contributed by atoms with Crippen LogP contribution in [0.15, 0.2) is 52.5 Å². The van der Waals surface area contributed by atoms with Crippen molar-refractivity contribution in [3.63, 3.8) is 0 Å². The number of amides is 1. The number of nitrogens with zero attached hydrogens (tertiary/aromatic N) is 4. The van der Waals surface area contributed by atoms with Crippen LogP contribution >= 0.6 is 11.3 Å². The van der Waals surface area contributed by atoms with E-state index in [-0.39, 0.29) is 11.6 Å². The molecule has 0 unspecified atom stereocenters. The SMILES string of the molecule is O=C1C(=Cc2cccs2)C(N2CCOCC2)=NN1c1ccc([N+](=O)[O-])cc1. The van der Waals surface area contributed by atoms with Crippen LogP contribution in [0.4, 0.5) is 11.4 Å². The van der Waals surface area contributed by atoms with Gasteiger partial charge in [-0.05, 0) is 29.7 Å². The van der Waals surface area contributed by atoms with E-state index in [0.29, 0.717) is 43.4 Å². The first-order valence-electron chi connectivity index (χ1n) is 8.39. The smallest absolute Gasteiger partial charge is 0.282 e. The molecule has 1 saturated heterocycles. The van der Waals surface area contributed by atoms with Gasteiger partial charge >= 0.3 is 0 Å². The fraction of sp³-hybridized carbons (Fsp3) is 0.222. The topological polar surface area (TPSA) is 88.3 Å². The molecule has 1 amide bonds. The van der Waals surface area contributed by atoms with Crippen molar-refractivity contribution in [3.8, 4) is 0 Å². The highest BCUT2D eigenvalue weighted by Crippen LogP contribution is 2.28. The van der Waals surface area contributed by atoms with Gasteiger partial charge in [-0.3, -0.25) is 14.9 Å². The van der Waals surface area contributed by atoms with Gasteiger partial charge in [-0.25, -0.2) is 0 Å². The first kappa shape index (κ1) is 17.4. The number of rotatable bonds is 3. The van der Waals surface area contributed by atoms with Gasteiger partial charge in [0.15, 0.2) is 5.84 Å². The molecule has 0 radical (unpaired) electrons. The molecule has 1 fully saturated rings. The van der Waals surface area contributed by atoms with Crippen LogP contribution in [0.5, 0.6) is 0 Å². The van der Waals surface area contributed by atoms with Crippen molar-refractivity contribution in [2.75, 3.05) is 31.3 Å². The number of anilines is 1. The summed E-state index contributed by atoms with van der Waals surface area (Å²) in [4.78, 5) is 26.4. The van der Waals surface area contributed by atoms with E-state index in [1.807, 2.05) is 28.5 Å². The molecule has 4 rings (SSSR count). The van der Waals surface area contributed by atoms with Crippen LogP contribution in [-0.2, 0) is 9.53 Å². The third kappa shape index (κ3) is 3.46. The lowest BCUT2D eigenvalue weighted by Gasteiger charge is -2.28. The summed E-state index contributed by atoms with van der Waals surface area (Å²) in [6, 6.07) is 9.67. The fourth-order valence-electron chi connectivity index (χ4n) is 2.94. The molecule has 0 atom stereocenters. The van der Waals surface area contributed by atoms with Crippen LogP contribution in [0.1, 0.15) is 4.88 Å².